The first-order chi connectivity index (χ1) is 6.00. The average molecular weight is 352 g/mol. The summed E-state index contributed by atoms with van der Waals surface area (Å²) in [6.07, 6.45) is 0. The average Bonchev–Trinajstić information content (AvgIpc) is 2.33. The second kappa shape index (κ2) is 3280. The molecule has 0 amide bonds. The number of hydrogen-bond acceptors (Lipinski definition) is 0. The summed E-state index contributed by atoms with van der Waals surface area (Å²) < 4.78 is 37.5. The van der Waals surface area contributed by atoms with E-state index in [2.05, 4.69) is 47.1 Å². The molecule has 0 bridgehead atoms. The summed E-state index contributed by atoms with van der Waals surface area (Å²) in [4.78, 5) is 0. The Labute approximate surface area is 91.7 Å². The molecule has 0 aromatic rings. The molecule has 0 aliphatic heterocycles. The molecule has 0 fully saturated rings. The zero-order valence-corrected chi connectivity index (χ0v) is 9.30. The van der Waals surface area contributed by atoms with Crippen molar-refractivity contribution in [1.82, 2.24) is 0 Å². The van der Waals surface area contributed by atoms with Gasteiger partial charge in [-0.1, -0.05) is 13.8 Å². The van der Waals surface area contributed by atoms with Gasteiger partial charge in [0, 0.05) is 21.1 Å². The Bertz CT molecular complexity index is 75.4. The fraction of sp³-hybridized carbons (Fsp3) is 0. The van der Waals surface area contributed by atoms with Crippen LogP contribution in [0.5, 0.6) is 0 Å². The van der Waals surface area contributed by atoms with Gasteiger partial charge >= 0.3 is 56.5 Å². The van der Waals surface area contributed by atoms with Gasteiger partial charge in [-0.25, -0.2) is 0 Å². The molecule has 0 spiro atoms. The Balaban J connectivity index is -0.00000000655. The van der Waals surface area contributed by atoms with E-state index in [1.807, 2.05) is 0 Å². The van der Waals surface area contributed by atoms with Crippen molar-refractivity contribution >= 4 is 0 Å². The van der Waals surface area contributed by atoms with Crippen LogP contribution in [0.3, 0.4) is 0 Å². The van der Waals surface area contributed by atoms with E-state index in [1.165, 1.54) is 0 Å². The molecule has 0 saturated carbocycles. The van der Waals surface area contributed by atoms with Crippen molar-refractivity contribution in [3.05, 3.63) is 47.1 Å². The standard InChI is InChI=1S/C2H4.5CO.W/c6*1-2;/h1-2H2;;;;;;. The second-order valence-corrected chi connectivity index (χ2v) is 0. The molecule has 5 nitrogen and oxygen atoms in total. The van der Waals surface area contributed by atoms with Crippen molar-refractivity contribution < 1.29 is 44.3 Å². The Kier molecular flexibility index (Phi) is 14000. The zero-order chi connectivity index (χ0) is 12.0. The molecule has 68 valence electrons. The molecule has 6 heteroatoms. The van der Waals surface area contributed by atoms with Crippen molar-refractivity contribution in [2.75, 3.05) is 0 Å². The van der Waals surface area contributed by atoms with Gasteiger partial charge < -0.3 is 0 Å². The van der Waals surface area contributed by atoms with Crippen LogP contribution in [0.4, 0.5) is 0 Å². The molecule has 13 heavy (non-hydrogen) atoms. The maximum atomic E-state index is 7.50. The summed E-state index contributed by atoms with van der Waals surface area (Å²) in [6.45, 7) is 28.5. The molecular formula is C7H4O5W. The minimum Gasteiger partial charge on any atom is -0.0533 e. The summed E-state index contributed by atoms with van der Waals surface area (Å²) in [7, 11) is 0. The summed E-state index contributed by atoms with van der Waals surface area (Å²) in [5.41, 5.74) is 0. The third-order valence-electron chi connectivity index (χ3n) is 0. The smallest absolute Gasteiger partial charge is 0 e. The van der Waals surface area contributed by atoms with Crippen molar-refractivity contribution in [3.63, 3.8) is 0 Å². The van der Waals surface area contributed by atoms with E-state index >= 15 is 0 Å². The van der Waals surface area contributed by atoms with Crippen LogP contribution in [0.25, 0.3) is 0 Å². The Morgan fingerprint density at radius 3 is 0.462 bits per heavy atom. The van der Waals surface area contributed by atoms with E-state index in [0.717, 1.165) is 0 Å². The Morgan fingerprint density at radius 1 is 0.462 bits per heavy atom. The number of hydrogen-bond donors (Lipinski definition) is 0. The van der Waals surface area contributed by atoms with Crippen LogP contribution in [-0.4, -0.2) is 0 Å². The first-order valence-electron chi connectivity index (χ1n) is 1.52. The molecule has 0 saturated heterocycles. The van der Waals surface area contributed by atoms with Crippen LogP contribution < -0.4 is 0 Å². The zero-order valence-electron chi connectivity index (χ0n) is 6.36. The molecule has 0 unspecified atom stereocenters. The molecule has 0 aromatic heterocycles. The van der Waals surface area contributed by atoms with Crippen LogP contribution in [0.2, 0.25) is 0 Å². The topological polar surface area (TPSA) is 99.5 Å². The first-order valence-corrected chi connectivity index (χ1v) is 1.52. The van der Waals surface area contributed by atoms with E-state index in [4.69, 9.17) is 23.3 Å². The molecular weight excluding hydrogens is 348 g/mol. The van der Waals surface area contributed by atoms with Crippen molar-refractivity contribution in [2.45, 2.75) is 0 Å². The molecule has 0 rings (SSSR count). The quantitative estimate of drug-likeness (QED) is 0.447. The molecule has 0 N–H and O–H groups in total. The van der Waals surface area contributed by atoms with Gasteiger partial charge in [0.1, 0.15) is 0 Å². The van der Waals surface area contributed by atoms with Gasteiger partial charge in [-0.05, 0) is 0 Å². The van der Waals surface area contributed by atoms with Crippen LogP contribution in [0.1, 0.15) is 0 Å². The molecule has 0 aromatic carbocycles. The summed E-state index contributed by atoms with van der Waals surface area (Å²) in [5.74, 6) is 0. The Hall–Kier alpha value is -0.612. The third kappa shape index (κ3) is 2680. The van der Waals surface area contributed by atoms with E-state index in [9.17, 15) is 0 Å². The van der Waals surface area contributed by atoms with Gasteiger partial charge in [-0.2, -0.15) is 0 Å². The van der Waals surface area contributed by atoms with Gasteiger partial charge in [-0.3, -0.25) is 0 Å². The number of rotatable bonds is 0. The monoisotopic (exact) mass is 352 g/mol. The first kappa shape index (κ1) is 55.3. The second-order valence-electron chi connectivity index (χ2n) is 0. The van der Waals surface area contributed by atoms with Gasteiger partial charge in [0.05, 0.1) is 0 Å². The van der Waals surface area contributed by atoms with Gasteiger partial charge in [-0.15, -0.1) is 0 Å². The van der Waals surface area contributed by atoms with Gasteiger partial charge in [0.15, 0.2) is 0 Å². The summed E-state index contributed by atoms with van der Waals surface area (Å²) in [6, 6.07) is 0. The molecule has 2 radical (unpaired) electrons. The molecule has 0 heterocycles. The Morgan fingerprint density at radius 2 is 0.462 bits per heavy atom. The van der Waals surface area contributed by atoms with E-state index < -0.39 is 0 Å². The van der Waals surface area contributed by atoms with E-state index in [0.29, 0.717) is 0 Å². The third-order valence-corrected chi connectivity index (χ3v) is 0. The summed E-state index contributed by atoms with van der Waals surface area (Å²) in [5, 5.41) is 0. The normalized spacial score (nSPS) is 1.23. The minimum atomic E-state index is 0. The van der Waals surface area contributed by atoms with Gasteiger partial charge in [0.2, 0.25) is 0 Å². The molecule has 0 atom stereocenters. The van der Waals surface area contributed by atoms with Crippen LogP contribution in [0, 0.1) is 47.1 Å². The van der Waals surface area contributed by atoms with Crippen LogP contribution in [-0.2, 0) is 44.3 Å². The van der Waals surface area contributed by atoms with Crippen molar-refractivity contribution in [3.8, 4) is 0 Å². The van der Waals surface area contributed by atoms with E-state index in [1.54, 1.807) is 0 Å². The fourth-order valence-electron chi connectivity index (χ4n) is 0. The predicted octanol–water partition coefficient (Wildman–Crippen LogP) is 0.465. The molecule has 0 aliphatic rings. The summed E-state index contributed by atoms with van der Waals surface area (Å²) >= 11 is 0. The predicted molar refractivity (Wildman–Crippen MR) is 30.4 cm³/mol. The SMILES string of the molecule is [C-]#[O+].[C-]#[O+].[C-]#[O+].[C-]#[O+].[C-]#[O+].[CH2][CH2].[W]. The fourth-order valence-corrected chi connectivity index (χ4v) is 0. The largest absolute Gasteiger partial charge is 0.0533 e. The molecule has 0 aliphatic carbocycles. The van der Waals surface area contributed by atoms with Crippen molar-refractivity contribution in [2.24, 2.45) is 0 Å². The maximum absolute atomic E-state index is 7.50. The van der Waals surface area contributed by atoms with Crippen LogP contribution in [0.15, 0.2) is 0 Å². The minimum absolute atomic E-state index is 0. The van der Waals surface area contributed by atoms with Gasteiger partial charge in [0.25, 0.3) is 0 Å². The maximum Gasteiger partial charge on any atom is 0 e. The van der Waals surface area contributed by atoms with Crippen molar-refractivity contribution in [1.29, 1.82) is 0 Å². The van der Waals surface area contributed by atoms with Crippen LogP contribution >= 0.6 is 0 Å². The van der Waals surface area contributed by atoms with E-state index in [-0.39, 0.29) is 21.1 Å².